The highest BCUT2D eigenvalue weighted by molar-refractivity contribution is 7.20. The first-order valence-corrected chi connectivity index (χ1v) is 5.51. The van der Waals surface area contributed by atoms with Crippen molar-refractivity contribution in [1.82, 2.24) is 10.3 Å². The molecule has 0 bridgehead atoms. The molecule has 1 heterocycles. The molecular formula is C10H10N2O3S. The smallest absolute Gasteiger partial charge is 0.280 e. The molecule has 1 aromatic heterocycles. The van der Waals surface area contributed by atoms with Crippen LogP contribution in [-0.2, 0) is 0 Å². The molecule has 2 rings (SSSR count). The van der Waals surface area contributed by atoms with Crippen LogP contribution in [0, 0.1) is 0 Å². The molecule has 6 heteroatoms. The Morgan fingerprint density at radius 1 is 1.50 bits per heavy atom. The number of amides is 1. The van der Waals surface area contributed by atoms with E-state index in [2.05, 4.69) is 10.3 Å². The number of aromatic nitrogens is 1. The summed E-state index contributed by atoms with van der Waals surface area (Å²) in [5, 5.41) is 20.7. The lowest BCUT2D eigenvalue weighted by Gasteiger charge is -1.97. The van der Waals surface area contributed by atoms with Crippen LogP contribution < -0.4 is 5.32 Å². The molecule has 0 fully saturated rings. The molecule has 1 amide bonds. The van der Waals surface area contributed by atoms with Crippen molar-refractivity contribution in [1.29, 1.82) is 0 Å². The lowest BCUT2D eigenvalue weighted by molar-refractivity contribution is 0.0944. The number of aromatic hydroxyl groups is 1. The number of rotatable bonds is 3. The fourth-order valence-corrected chi connectivity index (χ4v) is 2.17. The van der Waals surface area contributed by atoms with Gasteiger partial charge in [0, 0.05) is 6.54 Å². The summed E-state index contributed by atoms with van der Waals surface area (Å²) >= 11 is 1.21. The number of hydrogen-bond donors (Lipinski definition) is 3. The molecule has 0 radical (unpaired) electrons. The van der Waals surface area contributed by atoms with E-state index in [0.29, 0.717) is 10.5 Å². The number of benzene rings is 1. The number of thiazole rings is 1. The molecule has 84 valence electrons. The average Bonchev–Trinajstić information content (AvgIpc) is 2.68. The minimum atomic E-state index is -0.310. The van der Waals surface area contributed by atoms with Gasteiger partial charge in [0.05, 0.1) is 16.8 Å². The number of hydrogen-bond acceptors (Lipinski definition) is 5. The standard InChI is InChI=1S/C10H10N2O3S/c13-4-3-11-9(15)10-12-7-2-1-6(14)5-8(7)16-10/h1-2,5,13-14H,3-4H2,(H,11,15). The zero-order valence-corrected chi connectivity index (χ0v) is 9.12. The fraction of sp³-hybridized carbons (Fsp3) is 0.200. The molecule has 0 unspecified atom stereocenters. The summed E-state index contributed by atoms with van der Waals surface area (Å²) in [5.41, 5.74) is 0.678. The largest absolute Gasteiger partial charge is 0.508 e. The molecule has 3 N–H and O–H groups in total. The van der Waals surface area contributed by atoms with E-state index in [9.17, 15) is 9.90 Å². The van der Waals surface area contributed by atoms with Crippen LogP contribution in [0.15, 0.2) is 18.2 Å². The number of aliphatic hydroxyl groups is 1. The number of carbonyl (C=O) groups excluding carboxylic acids is 1. The van der Waals surface area contributed by atoms with Gasteiger partial charge in [0.1, 0.15) is 5.75 Å². The molecule has 1 aromatic carbocycles. The maximum atomic E-state index is 11.5. The molecule has 0 atom stereocenters. The van der Waals surface area contributed by atoms with Crippen LogP contribution in [0.2, 0.25) is 0 Å². The number of phenols is 1. The van der Waals surface area contributed by atoms with Gasteiger partial charge in [-0.25, -0.2) is 4.98 Å². The fourth-order valence-electron chi connectivity index (χ4n) is 1.26. The van der Waals surface area contributed by atoms with Crippen molar-refractivity contribution in [2.45, 2.75) is 0 Å². The van der Waals surface area contributed by atoms with E-state index in [4.69, 9.17) is 5.11 Å². The second-order valence-corrected chi connectivity index (χ2v) is 4.18. The summed E-state index contributed by atoms with van der Waals surface area (Å²) in [4.78, 5) is 15.6. The minimum Gasteiger partial charge on any atom is -0.508 e. The zero-order chi connectivity index (χ0) is 11.5. The molecule has 0 saturated carbocycles. The Bertz CT molecular complexity index is 524. The number of aliphatic hydroxyl groups excluding tert-OH is 1. The lowest BCUT2D eigenvalue weighted by Crippen LogP contribution is -2.26. The monoisotopic (exact) mass is 238 g/mol. The Balaban J connectivity index is 2.28. The van der Waals surface area contributed by atoms with Gasteiger partial charge in [0.2, 0.25) is 0 Å². The van der Waals surface area contributed by atoms with Gasteiger partial charge in [-0.3, -0.25) is 4.79 Å². The molecule has 16 heavy (non-hydrogen) atoms. The van der Waals surface area contributed by atoms with E-state index < -0.39 is 0 Å². The predicted octanol–water partition coefficient (Wildman–Crippen LogP) is 0.724. The molecule has 0 spiro atoms. The first kappa shape index (κ1) is 10.8. The van der Waals surface area contributed by atoms with Crippen LogP contribution in [-0.4, -0.2) is 34.3 Å². The number of fused-ring (bicyclic) bond motifs is 1. The predicted molar refractivity (Wildman–Crippen MR) is 60.7 cm³/mol. The summed E-state index contributed by atoms with van der Waals surface area (Å²) < 4.78 is 0.758. The van der Waals surface area contributed by atoms with Gasteiger partial charge >= 0.3 is 0 Å². The molecule has 0 aliphatic rings. The number of nitrogens with zero attached hydrogens (tertiary/aromatic N) is 1. The van der Waals surface area contributed by atoms with Gasteiger partial charge in [-0.1, -0.05) is 0 Å². The highest BCUT2D eigenvalue weighted by Crippen LogP contribution is 2.25. The van der Waals surface area contributed by atoms with Crippen molar-refractivity contribution in [3.63, 3.8) is 0 Å². The third-order valence-electron chi connectivity index (χ3n) is 1.96. The normalized spacial score (nSPS) is 10.6. The van der Waals surface area contributed by atoms with Gasteiger partial charge in [-0.05, 0) is 18.2 Å². The van der Waals surface area contributed by atoms with Crippen LogP contribution in [0.5, 0.6) is 5.75 Å². The number of nitrogens with one attached hydrogen (secondary N) is 1. The number of carbonyl (C=O) groups is 1. The summed E-state index contributed by atoms with van der Waals surface area (Å²) in [7, 11) is 0. The summed E-state index contributed by atoms with van der Waals surface area (Å²) in [6.07, 6.45) is 0. The van der Waals surface area contributed by atoms with Crippen LogP contribution in [0.3, 0.4) is 0 Å². The Morgan fingerprint density at radius 3 is 3.06 bits per heavy atom. The van der Waals surface area contributed by atoms with Crippen LogP contribution >= 0.6 is 11.3 Å². The van der Waals surface area contributed by atoms with Crippen molar-refractivity contribution < 1.29 is 15.0 Å². The quantitative estimate of drug-likeness (QED) is 0.736. The minimum absolute atomic E-state index is 0.0998. The van der Waals surface area contributed by atoms with Crippen molar-refractivity contribution >= 4 is 27.5 Å². The first-order valence-electron chi connectivity index (χ1n) is 4.69. The Hall–Kier alpha value is -1.66. The van der Waals surface area contributed by atoms with Gasteiger partial charge in [0.15, 0.2) is 5.01 Å². The molecule has 2 aromatic rings. The topological polar surface area (TPSA) is 82.5 Å². The van der Waals surface area contributed by atoms with Crippen molar-refractivity contribution in [3.8, 4) is 5.75 Å². The molecule has 5 nitrogen and oxygen atoms in total. The van der Waals surface area contributed by atoms with Crippen LogP contribution in [0.25, 0.3) is 10.2 Å². The third kappa shape index (κ3) is 2.12. The first-order chi connectivity index (χ1) is 7.70. The van der Waals surface area contributed by atoms with E-state index in [-0.39, 0.29) is 24.8 Å². The van der Waals surface area contributed by atoms with Crippen LogP contribution in [0.4, 0.5) is 0 Å². The van der Waals surface area contributed by atoms with Crippen LogP contribution in [0.1, 0.15) is 9.80 Å². The van der Waals surface area contributed by atoms with Gasteiger partial charge in [0.25, 0.3) is 5.91 Å². The van der Waals surface area contributed by atoms with E-state index >= 15 is 0 Å². The maximum Gasteiger partial charge on any atom is 0.280 e. The molecule has 0 aliphatic heterocycles. The van der Waals surface area contributed by atoms with Crippen molar-refractivity contribution in [2.24, 2.45) is 0 Å². The van der Waals surface area contributed by atoms with Gasteiger partial charge in [-0.15, -0.1) is 11.3 Å². The second-order valence-electron chi connectivity index (χ2n) is 3.15. The Labute approximate surface area is 95.4 Å². The summed E-state index contributed by atoms with van der Waals surface area (Å²) in [6, 6.07) is 4.75. The highest BCUT2D eigenvalue weighted by Gasteiger charge is 2.11. The van der Waals surface area contributed by atoms with E-state index in [1.807, 2.05) is 0 Å². The van der Waals surface area contributed by atoms with E-state index in [1.54, 1.807) is 12.1 Å². The highest BCUT2D eigenvalue weighted by atomic mass is 32.1. The van der Waals surface area contributed by atoms with Gasteiger partial charge < -0.3 is 15.5 Å². The lowest BCUT2D eigenvalue weighted by atomic mass is 10.3. The zero-order valence-electron chi connectivity index (χ0n) is 8.30. The second kappa shape index (κ2) is 4.46. The average molecular weight is 238 g/mol. The SMILES string of the molecule is O=C(NCCO)c1nc2ccc(O)cc2s1. The van der Waals surface area contributed by atoms with Gasteiger partial charge in [-0.2, -0.15) is 0 Å². The Morgan fingerprint density at radius 2 is 2.31 bits per heavy atom. The maximum absolute atomic E-state index is 11.5. The third-order valence-corrected chi connectivity index (χ3v) is 2.98. The molecule has 0 aliphatic carbocycles. The number of phenolic OH excluding ortho intramolecular Hbond substituents is 1. The summed E-state index contributed by atoms with van der Waals surface area (Å²) in [5.74, 6) is -0.159. The van der Waals surface area contributed by atoms with E-state index in [0.717, 1.165) is 4.70 Å². The Kier molecular flexibility index (Phi) is 3.02. The molecular weight excluding hydrogens is 228 g/mol. The van der Waals surface area contributed by atoms with Crippen molar-refractivity contribution in [3.05, 3.63) is 23.2 Å². The van der Waals surface area contributed by atoms with Crippen molar-refractivity contribution in [2.75, 3.05) is 13.2 Å². The van der Waals surface area contributed by atoms with E-state index in [1.165, 1.54) is 17.4 Å². The molecule has 0 saturated heterocycles. The summed E-state index contributed by atoms with van der Waals surface area (Å²) in [6.45, 7) is 0.109.